The molecule has 0 bridgehead atoms. The Bertz CT molecular complexity index is 507. The Balaban J connectivity index is 2.10. The fraction of sp³-hybridized carbons (Fsp3) is 0.500. The molecular formula is C16H21NO4. The van der Waals surface area contributed by atoms with Crippen molar-refractivity contribution in [2.24, 2.45) is 0 Å². The van der Waals surface area contributed by atoms with E-state index in [1.807, 2.05) is 30.3 Å². The highest BCUT2D eigenvalue weighted by Crippen LogP contribution is 2.18. The average molecular weight is 291 g/mol. The summed E-state index contributed by atoms with van der Waals surface area (Å²) in [7, 11) is 0. The van der Waals surface area contributed by atoms with Gasteiger partial charge in [0.15, 0.2) is 0 Å². The molecule has 1 atom stereocenters. The second kappa shape index (κ2) is 6.16. The number of ether oxygens (including phenoxy) is 2. The molecule has 0 N–H and O–H groups in total. The third-order valence-corrected chi connectivity index (χ3v) is 3.12. The van der Waals surface area contributed by atoms with Gasteiger partial charge in [-0.2, -0.15) is 0 Å². The number of hydrogen-bond donors (Lipinski definition) is 0. The molecule has 1 aromatic carbocycles. The quantitative estimate of drug-likeness (QED) is 0.785. The molecule has 0 aliphatic carbocycles. The Morgan fingerprint density at radius 2 is 2.00 bits per heavy atom. The van der Waals surface area contributed by atoms with E-state index >= 15 is 0 Å². The minimum absolute atomic E-state index is 0.0631. The highest BCUT2D eigenvalue weighted by molar-refractivity contribution is 5.79. The zero-order valence-electron chi connectivity index (χ0n) is 12.7. The Morgan fingerprint density at radius 1 is 1.33 bits per heavy atom. The SMILES string of the molecule is CC(C)(C)OC(=O)N1CC(=O)OC[C@@H]1Cc1ccccc1. The first-order valence-electron chi connectivity index (χ1n) is 7.04. The van der Waals surface area contributed by atoms with Crippen molar-refractivity contribution >= 4 is 12.1 Å². The molecule has 0 spiro atoms. The summed E-state index contributed by atoms with van der Waals surface area (Å²) in [4.78, 5) is 25.2. The highest BCUT2D eigenvalue weighted by Gasteiger charge is 2.34. The maximum atomic E-state index is 12.3. The van der Waals surface area contributed by atoms with Crippen LogP contribution >= 0.6 is 0 Å². The van der Waals surface area contributed by atoms with Crippen LogP contribution in [0.3, 0.4) is 0 Å². The standard InChI is InChI=1S/C16H21NO4/c1-16(2,3)21-15(19)17-10-14(18)20-11-13(17)9-12-7-5-4-6-8-12/h4-8,13H,9-11H2,1-3H3/t13-/m0/s1. The van der Waals surface area contributed by atoms with E-state index in [1.165, 1.54) is 4.90 Å². The molecule has 1 fully saturated rings. The largest absolute Gasteiger partial charge is 0.462 e. The van der Waals surface area contributed by atoms with E-state index < -0.39 is 17.7 Å². The number of carbonyl (C=O) groups is 2. The number of esters is 1. The molecule has 21 heavy (non-hydrogen) atoms. The molecule has 1 aliphatic heterocycles. The van der Waals surface area contributed by atoms with Crippen LogP contribution in [0.2, 0.25) is 0 Å². The number of amides is 1. The summed E-state index contributed by atoms with van der Waals surface area (Å²) >= 11 is 0. The molecule has 0 radical (unpaired) electrons. The predicted molar refractivity (Wildman–Crippen MR) is 77.8 cm³/mol. The monoisotopic (exact) mass is 291 g/mol. The maximum absolute atomic E-state index is 12.3. The second-order valence-corrected chi connectivity index (χ2v) is 6.13. The van der Waals surface area contributed by atoms with Gasteiger partial charge in [0, 0.05) is 0 Å². The van der Waals surface area contributed by atoms with Crippen LogP contribution in [0.25, 0.3) is 0 Å². The van der Waals surface area contributed by atoms with Gasteiger partial charge < -0.3 is 9.47 Å². The van der Waals surface area contributed by atoms with E-state index in [-0.39, 0.29) is 19.2 Å². The topological polar surface area (TPSA) is 55.8 Å². The van der Waals surface area contributed by atoms with Gasteiger partial charge in [-0.25, -0.2) is 4.79 Å². The predicted octanol–water partition coefficient (Wildman–Crippen LogP) is 2.39. The molecule has 5 nitrogen and oxygen atoms in total. The normalized spacial score (nSPS) is 19.1. The molecule has 1 saturated heterocycles. The van der Waals surface area contributed by atoms with E-state index in [0.717, 1.165) is 5.56 Å². The molecule has 5 heteroatoms. The van der Waals surface area contributed by atoms with Gasteiger partial charge in [-0.05, 0) is 32.8 Å². The average Bonchev–Trinajstić information content (AvgIpc) is 2.40. The molecule has 0 saturated carbocycles. The summed E-state index contributed by atoms with van der Waals surface area (Å²) in [5.41, 5.74) is 0.504. The van der Waals surface area contributed by atoms with E-state index in [9.17, 15) is 9.59 Å². The van der Waals surface area contributed by atoms with E-state index in [2.05, 4.69) is 0 Å². The van der Waals surface area contributed by atoms with Gasteiger partial charge in [0.1, 0.15) is 18.8 Å². The zero-order valence-corrected chi connectivity index (χ0v) is 12.7. The molecule has 1 aliphatic rings. The van der Waals surface area contributed by atoms with Gasteiger partial charge >= 0.3 is 12.1 Å². The molecule has 0 unspecified atom stereocenters. The van der Waals surface area contributed by atoms with Crippen LogP contribution in [0, 0.1) is 0 Å². The minimum atomic E-state index is -0.588. The van der Waals surface area contributed by atoms with Crippen LogP contribution in [0.15, 0.2) is 30.3 Å². The lowest BCUT2D eigenvalue weighted by atomic mass is 10.0. The summed E-state index contributed by atoms with van der Waals surface area (Å²) in [5, 5.41) is 0. The Morgan fingerprint density at radius 3 is 2.62 bits per heavy atom. The summed E-state index contributed by atoms with van der Waals surface area (Å²) in [6.45, 7) is 5.55. The lowest BCUT2D eigenvalue weighted by molar-refractivity contribution is -0.153. The van der Waals surface area contributed by atoms with E-state index in [0.29, 0.717) is 6.42 Å². The van der Waals surface area contributed by atoms with E-state index in [4.69, 9.17) is 9.47 Å². The van der Waals surface area contributed by atoms with Crippen LogP contribution in [-0.4, -0.2) is 41.8 Å². The van der Waals surface area contributed by atoms with Gasteiger partial charge in [-0.3, -0.25) is 9.69 Å². The number of nitrogens with zero attached hydrogens (tertiary/aromatic N) is 1. The van der Waals surface area contributed by atoms with Crippen molar-refractivity contribution < 1.29 is 19.1 Å². The maximum Gasteiger partial charge on any atom is 0.411 e. The molecule has 1 amide bonds. The van der Waals surface area contributed by atoms with Gasteiger partial charge in [-0.1, -0.05) is 30.3 Å². The van der Waals surface area contributed by atoms with Crippen molar-refractivity contribution in [3.05, 3.63) is 35.9 Å². The summed E-state index contributed by atoms with van der Waals surface area (Å²) in [6, 6.07) is 9.62. The van der Waals surface area contributed by atoms with Crippen LogP contribution in [-0.2, 0) is 20.7 Å². The van der Waals surface area contributed by atoms with Gasteiger partial charge in [0.05, 0.1) is 6.04 Å². The van der Waals surface area contributed by atoms with Crippen LogP contribution < -0.4 is 0 Å². The van der Waals surface area contributed by atoms with Crippen molar-refractivity contribution in [2.75, 3.05) is 13.2 Å². The van der Waals surface area contributed by atoms with Crippen molar-refractivity contribution in [3.8, 4) is 0 Å². The molecule has 2 rings (SSSR count). The molecule has 1 heterocycles. The Labute approximate surface area is 124 Å². The van der Waals surface area contributed by atoms with Crippen molar-refractivity contribution in [1.29, 1.82) is 0 Å². The summed E-state index contributed by atoms with van der Waals surface area (Å²) in [5.74, 6) is -0.398. The Hall–Kier alpha value is -2.04. The van der Waals surface area contributed by atoms with Crippen LogP contribution in [0.1, 0.15) is 26.3 Å². The van der Waals surface area contributed by atoms with Crippen molar-refractivity contribution in [1.82, 2.24) is 4.90 Å². The van der Waals surface area contributed by atoms with Gasteiger partial charge in [0.25, 0.3) is 0 Å². The summed E-state index contributed by atoms with van der Waals surface area (Å²) < 4.78 is 10.5. The zero-order chi connectivity index (χ0) is 15.5. The number of morpholine rings is 1. The lowest BCUT2D eigenvalue weighted by Gasteiger charge is -2.35. The van der Waals surface area contributed by atoms with Crippen LogP contribution in [0.4, 0.5) is 4.79 Å². The molecule has 114 valence electrons. The fourth-order valence-corrected chi connectivity index (χ4v) is 2.18. The molecular weight excluding hydrogens is 270 g/mol. The number of cyclic esters (lactones) is 1. The smallest absolute Gasteiger partial charge is 0.411 e. The van der Waals surface area contributed by atoms with Crippen LogP contribution in [0.5, 0.6) is 0 Å². The van der Waals surface area contributed by atoms with Crippen molar-refractivity contribution in [2.45, 2.75) is 38.8 Å². The number of hydrogen-bond acceptors (Lipinski definition) is 4. The van der Waals surface area contributed by atoms with Gasteiger partial charge in [0.2, 0.25) is 0 Å². The first-order valence-corrected chi connectivity index (χ1v) is 7.04. The highest BCUT2D eigenvalue weighted by atomic mass is 16.6. The van der Waals surface area contributed by atoms with Gasteiger partial charge in [-0.15, -0.1) is 0 Å². The molecule has 1 aromatic rings. The van der Waals surface area contributed by atoms with Crippen molar-refractivity contribution in [3.63, 3.8) is 0 Å². The first kappa shape index (κ1) is 15.4. The second-order valence-electron chi connectivity index (χ2n) is 6.13. The third kappa shape index (κ3) is 4.48. The number of carbonyl (C=O) groups excluding carboxylic acids is 2. The molecule has 0 aromatic heterocycles. The fourth-order valence-electron chi connectivity index (χ4n) is 2.18. The Kier molecular flexibility index (Phi) is 4.50. The van der Waals surface area contributed by atoms with E-state index in [1.54, 1.807) is 20.8 Å². The number of benzene rings is 1. The number of rotatable bonds is 2. The lowest BCUT2D eigenvalue weighted by Crippen LogP contribution is -2.53. The third-order valence-electron chi connectivity index (χ3n) is 3.12. The summed E-state index contributed by atoms with van der Waals surface area (Å²) in [6.07, 6.45) is 0.160. The minimum Gasteiger partial charge on any atom is -0.462 e. The first-order chi connectivity index (χ1) is 9.85.